The third-order valence-corrected chi connectivity index (χ3v) is 1.89. The average molecular weight is 161 g/mol. The molecule has 1 aromatic heterocycles. The zero-order valence-electron chi connectivity index (χ0n) is 7.08. The Labute approximate surface area is 71.9 Å². The van der Waals surface area contributed by atoms with Crippen molar-refractivity contribution < 1.29 is 4.74 Å². The number of ether oxygens (including phenoxy) is 1. The maximum absolute atomic E-state index is 5.43. The quantitative estimate of drug-likeness (QED) is 0.629. The van der Waals surface area contributed by atoms with E-state index in [4.69, 9.17) is 4.74 Å². The fourth-order valence-electron chi connectivity index (χ4n) is 1.32. The zero-order valence-corrected chi connectivity index (χ0v) is 7.08. The molecule has 0 saturated carbocycles. The van der Waals surface area contributed by atoms with Gasteiger partial charge in [0.25, 0.3) is 0 Å². The van der Waals surface area contributed by atoms with Gasteiger partial charge in [0.05, 0.1) is 6.61 Å². The molecule has 12 heavy (non-hydrogen) atoms. The van der Waals surface area contributed by atoms with Crippen molar-refractivity contribution in [3.8, 4) is 0 Å². The van der Waals surface area contributed by atoms with Gasteiger partial charge in [-0.05, 0) is 25.1 Å². The predicted molar refractivity (Wildman–Crippen MR) is 47.5 cm³/mol. The summed E-state index contributed by atoms with van der Waals surface area (Å²) in [5, 5.41) is 0. The summed E-state index contributed by atoms with van der Waals surface area (Å²) < 4.78 is 5.43. The van der Waals surface area contributed by atoms with Crippen LogP contribution in [-0.2, 0) is 4.74 Å². The molecule has 1 aliphatic rings. The highest BCUT2D eigenvalue weighted by Gasteiger charge is 2.07. The zero-order chi connectivity index (χ0) is 8.39. The Morgan fingerprint density at radius 3 is 3.08 bits per heavy atom. The number of rotatable bonds is 1. The van der Waals surface area contributed by atoms with Crippen LogP contribution in [0.25, 0.3) is 5.76 Å². The van der Waals surface area contributed by atoms with Gasteiger partial charge in [-0.3, -0.25) is 4.98 Å². The Bertz CT molecular complexity index is 317. The molecule has 2 rings (SSSR count). The molecular formula is C10H11NO. The van der Waals surface area contributed by atoms with Crippen LogP contribution < -0.4 is 0 Å². The van der Waals surface area contributed by atoms with Gasteiger partial charge in [-0.25, -0.2) is 0 Å². The van der Waals surface area contributed by atoms with Crippen LogP contribution in [0.3, 0.4) is 0 Å². The lowest BCUT2D eigenvalue weighted by molar-refractivity contribution is 0.307. The summed E-state index contributed by atoms with van der Waals surface area (Å²) in [5.74, 6) is 1.00. The maximum Gasteiger partial charge on any atom is 0.122 e. The smallest absolute Gasteiger partial charge is 0.122 e. The monoisotopic (exact) mass is 161 g/mol. The van der Waals surface area contributed by atoms with E-state index in [1.54, 1.807) is 0 Å². The van der Waals surface area contributed by atoms with Crippen LogP contribution >= 0.6 is 0 Å². The molecule has 0 unspecified atom stereocenters. The molecule has 0 aliphatic carbocycles. The summed E-state index contributed by atoms with van der Waals surface area (Å²) in [6, 6.07) is 4.02. The van der Waals surface area contributed by atoms with E-state index in [9.17, 15) is 0 Å². The molecule has 0 saturated heterocycles. The molecular weight excluding hydrogens is 150 g/mol. The van der Waals surface area contributed by atoms with E-state index in [0.29, 0.717) is 0 Å². The van der Waals surface area contributed by atoms with Crippen molar-refractivity contribution in [1.82, 2.24) is 4.98 Å². The van der Waals surface area contributed by atoms with Crippen molar-refractivity contribution in [2.75, 3.05) is 6.61 Å². The second-order valence-corrected chi connectivity index (χ2v) is 2.89. The summed E-state index contributed by atoms with van der Waals surface area (Å²) in [6.07, 6.45) is 4.96. The molecule has 1 aromatic rings. The molecule has 0 N–H and O–H groups in total. The van der Waals surface area contributed by atoms with Gasteiger partial charge in [0.2, 0.25) is 0 Å². The first-order valence-electron chi connectivity index (χ1n) is 4.12. The molecule has 0 spiro atoms. The number of hydrogen-bond donors (Lipinski definition) is 0. The molecule has 0 amide bonds. The number of hydrogen-bond acceptors (Lipinski definition) is 2. The molecule has 0 aromatic carbocycles. The fraction of sp³-hybridized carbons (Fsp3) is 0.300. The molecule has 62 valence electrons. The van der Waals surface area contributed by atoms with Crippen LogP contribution in [0.4, 0.5) is 0 Å². The number of aromatic nitrogens is 1. The lowest BCUT2D eigenvalue weighted by atomic mass is 10.2. The van der Waals surface area contributed by atoms with Gasteiger partial charge in [-0.2, -0.15) is 0 Å². The lowest BCUT2D eigenvalue weighted by Crippen LogP contribution is -1.88. The largest absolute Gasteiger partial charge is 0.493 e. The van der Waals surface area contributed by atoms with E-state index in [1.165, 1.54) is 0 Å². The normalized spacial score (nSPS) is 15.6. The molecule has 0 radical (unpaired) electrons. The Morgan fingerprint density at radius 2 is 2.42 bits per heavy atom. The minimum absolute atomic E-state index is 0.816. The SMILES string of the molecule is Cc1cc(C2=CCCO2)ccn1. The van der Waals surface area contributed by atoms with Crippen LogP contribution in [0.1, 0.15) is 17.7 Å². The Kier molecular flexibility index (Phi) is 1.82. The Balaban J connectivity index is 2.33. The first-order chi connectivity index (χ1) is 5.86. The van der Waals surface area contributed by atoms with Crippen molar-refractivity contribution in [3.05, 3.63) is 35.7 Å². The van der Waals surface area contributed by atoms with E-state index >= 15 is 0 Å². The highest BCUT2D eigenvalue weighted by atomic mass is 16.5. The van der Waals surface area contributed by atoms with Gasteiger partial charge in [0.1, 0.15) is 5.76 Å². The number of pyridine rings is 1. The first-order valence-corrected chi connectivity index (χ1v) is 4.12. The molecule has 0 fully saturated rings. The van der Waals surface area contributed by atoms with E-state index in [1.807, 2.05) is 25.3 Å². The minimum atomic E-state index is 0.816. The minimum Gasteiger partial charge on any atom is -0.493 e. The van der Waals surface area contributed by atoms with Crippen molar-refractivity contribution in [1.29, 1.82) is 0 Å². The van der Waals surface area contributed by atoms with Gasteiger partial charge < -0.3 is 4.74 Å². The van der Waals surface area contributed by atoms with Gasteiger partial charge in [0, 0.05) is 23.9 Å². The van der Waals surface area contributed by atoms with Crippen molar-refractivity contribution in [2.24, 2.45) is 0 Å². The fourth-order valence-corrected chi connectivity index (χ4v) is 1.32. The Hall–Kier alpha value is -1.31. The van der Waals surface area contributed by atoms with Crippen molar-refractivity contribution >= 4 is 5.76 Å². The standard InChI is InChI=1S/C10H11NO/c1-8-7-9(4-5-11-8)10-3-2-6-12-10/h3-5,7H,2,6H2,1H3. The molecule has 0 atom stereocenters. The third kappa shape index (κ3) is 1.33. The topological polar surface area (TPSA) is 22.1 Å². The van der Waals surface area contributed by atoms with Gasteiger partial charge in [0.15, 0.2) is 0 Å². The highest BCUT2D eigenvalue weighted by Crippen LogP contribution is 2.21. The van der Waals surface area contributed by atoms with Crippen LogP contribution in [-0.4, -0.2) is 11.6 Å². The van der Waals surface area contributed by atoms with Gasteiger partial charge in [-0.1, -0.05) is 0 Å². The van der Waals surface area contributed by atoms with E-state index < -0.39 is 0 Å². The summed E-state index contributed by atoms with van der Waals surface area (Å²) in [6.45, 7) is 2.80. The predicted octanol–water partition coefficient (Wildman–Crippen LogP) is 2.15. The van der Waals surface area contributed by atoms with Crippen molar-refractivity contribution in [3.63, 3.8) is 0 Å². The molecule has 2 heteroatoms. The van der Waals surface area contributed by atoms with Crippen molar-refractivity contribution in [2.45, 2.75) is 13.3 Å². The van der Waals surface area contributed by atoms with Gasteiger partial charge >= 0.3 is 0 Å². The summed E-state index contributed by atoms with van der Waals surface area (Å²) in [5.41, 5.74) is 2.17. The van der Waals surface area contributed by atoms with E-state index in [0.717, 1.165) is 30.0 Å². The molecule has 2 heterocycles. The average Bonchev–Trinajstić information content (AvgIpc) is 2.56. The third-order valence-electron chi connectivity index (χ3n) is 1.89. The van der Waals surface area contributed by atoms with Crippen LogP contribution in [0.2, 0.25) is 0 Å². The lowest BCUT2D eigenvalue weighted by Gasteiger charge is -2.03. The summed E-state index contributed by atoms with van der Waals surface area (Å²) in [7, 11) is 0. The summed E-state index contributed by atoms with van der Waals surface area (Å²) >= 11 is 0. The number of aryl methyl sites for hydroxylation is 1. The van der Waals surface area contributed by atoms with Gasteiger partial charge in [-0.15, -0.1) is 0 Å². The first kappa shape index (κ1) is 7.35. The van der Waals surface area contributed by atoms with Crippen LogP contribution in [0, 0.1) is 6.92 Å². The van der Waals surface area contributed by atoms with E-state index in [2.05, 4.69) is 11.1 Å². The molecule has 1 aliphatic heterocycles. The van der Waals surface area contributed by atoms with Crippen LogP contribution in [0.15, 0.2) is 24.4 Å². The second-order valence-electron chi connectivity index (χ2n) is 2.89. The maximum atomic E-state index is 5.43. The molecule has 2 nitrogen and oxygen atoms in total. The second kappa shape index (κ2) is 2.97. The number of nitrogens with zero attached hydrogens (tertiary/aromatic N) is 1. The van der Waals surface area contributed by atoms with Crippen LogP contribution in [0.5, 0.6) is 0 Å². The molecule has 0 bridgehead atoms. The highest BCUT2D eigenvalue weighted by molar-refractivity contribution is 5.60. The Morgan fingerprint density at radius 1 is 1.50 bits per heavy atom. The summed E-state index contributed by atoms with van der Waals surface area (Å²) in [4.78, 5) is 4.13. The van der Waals surface area contributed by atoms with E-state index in [-0.39, 0.29) is 0 Å².